The molecule has 0 radical (unpaired) electrons. The third-order valence-corrected chi connectivity index (χ3v) is 6.06. The summed E-state index contributed by atoms with van der Waals surface area (Å²) in [5, 5.41) is 11.9. The van der Waals surface area contributed by atoms with Crippen molar-refractivity contribution in [2.45, 2.75) is 32.9 Å². The number of piperidine rings is 1. The predicted octanol–water partition coefficient (Wildman–Crippen LogP) is 3.28. The molecule has 2 N–H and O–H groups in total. The number of carbonyl (C=O) groups is 2. The van der Waals surface area contributed by atoms with Gasteiger partial charge in [0.2, 0.25) is 5.91 Å². The molecular formula is C22H25N5O2S. The Morgan fingerprint density at radius 3 is 2.67 bits per heavy atom. The largest absolute Gasteiger partial charge is 0.349 e. The summed E-state index contributed by atoms with van der Waals surface area (Å²) in [4.78, 5) is 27.5. The fourth-order valence-electron chi connectivity index (χ4n) is 4.05. The van der Waals surface area contributed by atoms with Crippen LogP contribution < -0.4 is 5.32 Å². The fourth-order valence-corrected chi connectivity index (χ4v) is 4.33. The Kier molecular flexibility index (Phi) is 5.94. The Morgan fingerprint density at radius 2 is 1.90 bits per heavy atom. The lowest BCUT2D eigenvalue weighted by Crippen LogP contribution is -2.43. The maximum absolute atomic E-state index is 13.1. The Morgan fingerprint density at radius 1 is 1.17 bits per heavy atom. The van der Waals surface area contributed by atoms with E-state index in [-0.39, 0.29) is 17.7 Å². The first-order valence-corrected chi connectivity index (χ1v) is 10.7. The molecule has 1 aromatic heterocycles. The van der Waals surface area contributed by atoms with Gasteiger partial charge < -0.3 is 14.8 Å². The van der Waals surface area contributed by atoms with Crippen molar-refractivity contribution in [2.24, 2.45) is 5.92 Å². The van der Waals surface area contributed by atoms with Crippen LogP contribution in [0.25, 0.3) is 10.8 Å². The number of nitrogens with one attached hydrogen (secondary N) is 2. The number of aromatic nitrogens is 3. The van der Waals surface area contributed by atoms with E-state index in [0.717, 1.165) is 22.2 Å². The van der Waals surface area contributed by atoms with Crippen LogP contribution in [0.5, 0.6) is 0 Å². The summed E-state index contributed by atoms with van der Waals surface area (Å²) in [6.07, 6.45) is 1.31. The molecule has 156 valence electrons. The first-order valence-electron chi connectivity index (χ1n) is 10.3. The second-order valence-electron chi connectivity index (χ2n) is 7.50. The summed E-state index contributed by atoms with van der Waals surface area (Å²) < 4.78 is 2.42. The van der Waals surface area contributed by atoms with Gasteiger partial charge in [0.15, 0.2) is 10.6 Å². The highest BCUT2D eigenvalue weighted by atomic mass is 32.1. The van der Waals surface area contributed by atoms with Gasteiger partial charge in [0.25, 0.3) is 5.91 Å². The van der Waals surface area contributed by atoms with Crippen molar-refractivity contribution in [2.75, 3.05) is 13.1 Å². The van der Waals surface area contributed by atoms with E-state index in [0.29, 0.717) is 43.8 Å². The molecule has 0 saturated carbocycles. The molecular weight excluding hydrogens is 398 g/mol. The summed E-state index contributed by atoms with van der Waals surface area (Å²) in [5.41, 5.74) is 0.721. The van der Waals surface area contributed by atoms with Crippen molar-refractivity contribution in [1.29, 1.82) is 0 Å². The zero-order valence-electron chi connectivity index (χ0n) is 16.9. The van der Waals surface area contributed by atoms with Gasteiger partial charge >= 0.3 is 0 Å². The van der Waals surface area contributed by atoms with E-state index < -0.39 is 0 Å². The maximum atomic E-state index is 13.1. The van der Waals surface area contributed by atoms with Gasteiger partial charge in [-0.05, 0) is 48.8 Å². The molecule has 2 aromatic carbocycles. The molecule has 1 aliphatic heterocycles. The Bertz CT molecular complexity index is 1120. The standard InChI is InChI=1S/C22H25N5O2S/c1-2-27-19(24-25-22(27)30)14-23-20(28)16-10-12-26(13-11-16)21(29)18-9-5-7-15-6-3-4-8-17(15)18/h3-9,16H,2,10-14H2,1H3,(H,23,28)(H,25,30). The molecule has 0 unspecified atom stereocenters. The van der Waals surface area contributed by atoms with E-state index in [9.17, 15) is 9.59 Å². The molecule has 0 bridgehead atoms. The molecule has 4 rings (SSSR count). The second-order valence-corrected chi connectivity index (χ2v) is 7.89. The van der Waals surface area contributed by atoms with Crippen LogP contribution in [0.15, 0.2) is 42.5 Å². The molecule has 1 aliphatic rings. The number of likely N-dealkylation sites (tertiary alicyclic amines) is 1. The smallest absolute Gasteiger partial charge is 0.254 e. The summed E-state index contributed by atoms with van der Waals surface area (Å²) >= 11 is 5.18. The van der Waals surface area contributed by atoms with Gasteiger partial charge in [-0.2, -0.15) is 5.10 Å². The summed E-state index contributed by atoms with van der Waals surface area (Å²) in [7, 11) is 0. The Labute approximate surface area is 180 Å². The lowest BCUT2D eigenvalue weighted by Gasteiger charge is -2.31. The molecule has 3 aromatic rings. The first-order chi connectivity index (χ1) is 14.6. The van der Waals surface area contributed by atoms with Crippen LogP contribution in [0.4, 0.5) is 0 Å². The minimum atomic E-state index is -0.0986. The lowest BCUT2D eigenvalue weighted by molar-refractivity contribution is -0.126. The highest BCUT2D eigenvalue weighted by Gasteiger charge is 2.28. The van der Waals surface area contributed by atoms with Crippen LogP contribution in [0.1, 0.15) is 35.9 Å². The second kappa shape index (κ2) is 8.79. The van der Waals surface area contributed by atoms with Gasteiger partial charge in [-0.1, -0.05) is 36.4 Å². The number of hydrogen-bond acceptors (Lipinski definition) is 4. The van der Waals surface area contributed by atoms with Gasteiger partial charge in [-0.3, -0.25) is 14.7 Å². The van der Waals surface area contributed by atoms with Crippen molar-refractivity contribution in [3.8, 4) is 0 Å². The molecule has 2 amide bonds. The Balaban J connectivity index is 1.35. The van der Waals surface area contributed by atoms with Crippen LogP contribution >= 0.6 is 12.2 Å². The summed E-state index contributed by atoms with van der Waals surface area (Å²) in [5.74, 6) is 0.658. The zero-order chi connectivity index (χ0) is 21.1. The van der Waals surface area contributed by atoms with Crippen molar-refractivity contribution in [3.63, 3.8) is 0 Å². The molecule has 1 fully saturated rings. The van der Waals surface area contributed by atoms with E-state index in [1.165, 1.54) is 0 Å². The van der Waals surface area contributed by atoms with Crippen molar-refractivity contribution >= 4 is 34.8 Å². The van der Waals surface area contributed by atoms with Gasteiger partial charge in [0.05, 0.1) is 6.54 Å². The molecule has 7 nitrogen and oxygen atoms in total. The van der Waals surface area contributed by atoms with E-state index in [1.807, 2.05) is 58.9 Å². The van der Waals surface area contributed by atoms with E-state index in [4.69, 9.17) is 12.2 Å². The van der Waals surface area contributed by atoms with Crippen LogP contribution in [-0.4, -0.2) is 44.6 Å². The molecule has 8 heteroatoms. The molecule has 0 aliphatic carbocycles. The highest BCUT2D eigenvalue weighted by molar-refractivity contribution is 7.71. The average Bonchev–Trinajstić information content (AvgIpc) is 3.16. The monoisotopic (exact) mass is 423 g/mol. The number of benzene rings is 2. The van der Waals surface area contributed by atoms with Crippen molar-refractivity contribution in [3.05, 3.63) is 58.6 Å². The van der Waals surface area contributed by atoms with Crippen molar-refractivity contribution < 1.29 is 9.59 Å². The number of H-pyrrole nitrogens is 1. The molecule has 2 heterocycles. The average molecular weight is 424 g/mol. The van der Waals surface area contributed by atoms with Crippen LogP contribution in [-0.2, 0) is 17.9 Å². The van der Waals surface area contributed by atoms with E-state index >= 15 is 0 Å². The normalized spacial score (nSPS) is 14.8. The maximum Gasteiger partial charge on any atom is 0.254 e. The SMILES string of the molecule is CCn1c(CNC(=O)C2CCN(C(=O)c3cccc4ccccc34)CC2)n[nH]c1=S. The van der Waals surface area contributed by atoms with Gasteiger partial charge in [-0.15, -0.1) is 0 Å². The molecule has 1 saturated heterocycles. The highest BCUT2D eigenvalue weighted by Crippen LogP contribution is 2.23. The molecule has 0 atom stereocenters. The van der Waals surface area contributed by atoms with Gasteiger partial charge in [0, 0.05) is 31.1 Å². The van der Waals surface area contributed by atoms with Crippen LogP contribution in [0.3, 0.4) is 0 Å². The van der Waals surface area contributed by atoms with E-state index in [1.54, 1.807) is 0 Å². The number of carbonyl (C=O) groups excluding carboxylic acids is 2. The summed E-state index contributed by atoms with van der Waals surface area (Å²) in [6, 6.07) is 13.7. The first kappa shape index (κ1) is 20.3. The Hall–Kier alpha value is -3.00. The minimum absolute atomic E-state index is 0.00355. The van der Waals surface area contributed by atoms with Crippen LogP contribution in [0, 0.1) is 10.7 Å². The number of nitrogens with zero attached hydrogens (tertiary/aromatic N) is 3. The molecule has 0 spiro atoms. The topological polar surface area (TPSA) is 83.0 Å². The lowest BCUT2D eigenvalue weighted by atomic mass is 9.95. The van der Waals surface area contributed by atoms with Gasteiger partial charge in [0.1, 0.15) is 0 Å². The third-order valence-electron chi connectivity index (χ3n) is 5.75. The zero-order valence-corrected chi connectivity index (χ0v) is 17.7. The number of hydrogen-bond donors (Lipinski definition) is 2. The quantitative estimate of drug-likeness (QED) is 0.617. The van der Waals surface area contributed by atoms with Crippen LogP contribution in [0.2, 0.25) is 0 Å². The summed E-state index contributed by atoms with van der Waals surface area (Å²) in [6.45, 7) is 4.19. The number of aromatic amines is 1. The van der Waals surface area contributed by atoms with Crippen molar-refractivity contribution in [1.82, 2.24) is 25.0 Å². The number of amides is 2. The third kappa shape index (κ3) is 4.00. The van der Waals surface area contributed by atoms with Gasteiger partial charge in [-0.25, -0.2) is 0 Å². The molecule has 30 heavy (non-hydrogen) atoms. The fraction of sp³-hybridized carbons (Fsp3) is 0.364. The minimum Gasteiger partial charge on any atom is -0.349 e. The van der Waals surface area contributed by atoms with E-state index in [2.05, 4.69) is 15.5 Å². The number of rotatable bonds is 5. The number of fused-ring (bicyclic) bond motifs is 1. The predicted molar refractivity (Wildman–Crippen MR) is 118 cm³/mol.